The van der Waals surface area contributed by atoms with Gasteiger partial charge in [-0.15, -0.1) is 0 Å². The second kappa shape index (κ2) is 9.72. The SMILES string of the molecule is O=S1(c2ccccc2)=Nc2ccccc2C=C1c1cccc2oc3ccc(-c4ccc(-c5ccccc5)cc4)cc3c12. The van der Waals surface area contributed by atoms with Crippen molar-refractivity contribution >= 4 is 48.3 Å². The lowest BCUT2D eigenvalue weighted by Gasteiger charge is -2.20. The third kappa shape index (κ3) is 3.99. The maximum atomic E-state index is 15.0. The maximum Gasteiger partial charge on any atom is 0.136 e. The molecule has 1 atom stereocenters. The molecule has 6 aromatic carbocycles. The zero-order chi connectivity index (χ0) is 28.1. The standard InChI is InChI=1S/C38H25NO2S/c40-42(31-13-5-2-6-14-31)37(25-30-12-7-8-16-34(30)39-42)32-15-9-17-36-38(32)33-24-29(22-23-35(33)41-36)28-20-18-27(19-21-28)26-10-3-1-4-11-26/h1-25H. The minimum atomic E-state index is -2.96. The predicted octanol–water partition coefficient (Wildman–Crippen LogP) is 10.6. The second-order valence-corrected chi connectivity index (χ2v) is 12.6. The van der Waals surface area contributed by atoms with Crippen LogP contribution in [-0.2, 0) is 9.73 Å². The van der Waals surface area contributed by atoms with Gasteiger partial charge in [-0.2, -0.15) is 4.36 Å². The van der Waals surface area contributed by atoms with E-state index in [-0.39, 0.29) is 0 Å². The van der Waals surface area contributed by atoms with Gasteiger partial charge in [0.1, 0.15) is 20.9 Å². The van der Waals surface area contributed by atoms with E-state index in [1.54, 1.807) is 0 Å². The molecule has 0 saturated carbocycles. The molecule has 1 aromatic heterocycles. The first kappa shape index (κ1) is 24.6. The first-order valence-electron chi connectivity index (χ1n) is 13.9. The fourth-order valence-electron chi connectivity index (χ4n) is 5.81. The molecule has 4 heteroatoms. The molecular weight excluding hydrogens is 534 g/mol. The summed E-state index contributed by atoms with van der Waals surface area (Å²) >= 11 is 0. The summed E-state index contributed by atoms with van der Waals surface area (Å²) in [6, 6.07) is 48.8. The maximum absolute atomic E-state index is 15.0. The van der Waals surface area contributed by atoms with Crippen molar-refractivity contribution in [2.45, 2.75) is 4.90 Å². The molecule has 0 saturated heterocycles. The average Bonchev–Trinajstić information content (AvgIpc) is 3.44. The van der Waals surface area contributed by atoms with E-state index in [1.807, 2.05) is 91.0 Å². The van der Waals surface area contributed by atoms with Crippen LogP contribution in [-0.4, -0.2) is 4.21 Å². The highest BCUT2D eigenvalue weighted by Crippen LogP contribution is 2.45. The molecular formula is C38H25NO2S. The molecule has 0 aliphatic carbocycles. The van der Waals surface area contributed by atoms with Crippen molar-refractivity contribution in [3.8, 4) is 22.3 Å². The van der Waals surface area contributed by atoms with Gasteiger partial charge in [0.25, 0.3) is 0 Å². The van der Waals surface area contributed by atoms with E-state index in [9.17, 15) is 4.21 Å². The second-order valence-electron chi connectivity index (χ2n) is 10.4. The molecule has 1 aliphatic heterocycles. The molecule has 3 nitrogen and oxygen atoms in total. The van der Waals surface area contributed by atoms with Crippen molar-refractivity contribution < 1.29 is 8.63 Å². The lowest BCUT2D eigenvalue weighted by atomic mass is 9.98. The molecule has 0 amide bonds. The van der Waals surface area contributed by atoms with Crippen molar-refractivity contribution in [2.75, 3.05) is 0 Å². The Kier molecular flexibility index (Phi) is 5.69. The smallest absolute Gasteiger partial charge is 0.136 e. The van der Waals surface area contributed by atoms with Crippen LogP contribution in [0.1, 0.15) is 11.1 Å². The Morgan fingerprint density at radius 1 is 0.548 bits per heavy atom. The first-order chi connectivity index (χ1) is 20.7. The van der Waals surface area contributed by atoms with Crippen LogP contribution in [0.3, 0.4) is 0 Å². The fourth-order valence-corrected chi connectivity index (χ4v) is 7.99. The van der Waals surface area contributed by atoms with Gasteiger partial charge in [0, 0.05) is 21.9 Å². The summed E-state index contributed by atoms with van der Waals surface area (Å²) in [7, 11) is -2.96. The predicted molar refractivity (Wildman–Crippen MR) is 174 cm³/mol. The van der Waals surface area contributed by atoms with E-state index >= 15 is 0 Å². The molecule has 0 N–H and O–H groups in total. The molecule has 42 heavy (non-hydrogen) atoms. The van der Waals surface area contributed by atoms with Crippen LogP contribution in [0.15, 0.2) is 159 Å². The fraction of sp³-hybridized carbons (Fsp3) is 0. The van der Waals surface area contributed by atoms with E-state index in [4.69, 9.17) is 8.78 Å². The molecule has 2 heterocycles. The van der Waals surface area contributed by atoms with Crippen molar-refractivity contribution in [3.63, 3.8) is 0 Å². The van der Waals surface area contributed by atoms with Gasteiger partial charge in [0.2, 0.25) is 0 Å². The van der Waals surface area contributed by atoms with Crippen LogP contribution >= 0.6 is 0 Å². The van der Waals surface area contributed by atoms with Crippen LogP contribution in [0.2, 0.25) is 0 Å². The Labute approximate surface area is 244 Å². The van der Waals surface area contributed by atoms with Crippen LogP contribution in [0.25, 0.3) is 55.2 Å². The molecule has 0 radical (unpaired) electrons. The molecule has 0 spiro atoms. The third-order valence-electron chi connectivity index (χ3n) is 7.90. The van der Waals surface area contributed by atoms with Crippen LogP contribution in [0, 0.1) is 0 Å². The molecule has 200 valence electrons. The van der Waals surface area contributed by atoms with Gasteiger partial charge in [0.05, 0.1) is 15.5 Å². The van der Waals surface area contributed by atoms with E-state index in [1.165, 1.54) is 11.1 Å². The molecule has 8 rings (SSSR count). The van der Waals surface area contributed by atoms with Crippen molar-refractivity contribution in [2.24, 2.45) is 4.36 Å². The summed E-state index contributed by atoms with van der Waals surface area (Å²) in [6.07, 6.45) is 2.04. The van der Waals surface area contributed by atoms with Gasteiger partial charge >= 0.3 is 0 Å². The summed E-state index contributed by atoms with van der Waals surface area (Å²) in [5.41, 5.74) is 8.70. The van der Waals surface area contributed by atoms with Crippen molar-refractivity contribution in [3.05, 3.63) is 157 Å². The Morgan fingerprint density at radius 3 is 1.98 bits per heavy atom. The lowest BCUT2D eigenvalue weighted by Crippen LogP contribution is -2.07. The number of hydrogen-bond donors (Lipinski definition) is 0. The summed E-state index contributed by atoms with van der Waals surface area (Å²) < 4.78 is 26.2. The normalized spacial score (nSPS) is 16.1. The van der Waals surface area contributed by atoms with Gasteiger partial charge in [-0.1, -0.05) is 109 Å². The Balaban J connectivity index is 1.32. The lowest BCUT2D eigenvalue weighted by molar-refractivity contribution is 0.669. The summed E-state index contributed by atoms with van der Waals surface area (Å²) in [4.78, 5) is 1.38. The first-order valence-corrected chi connectivity index (χ1v) is 15.4. The van der Waals surface area contributed by atoms with E-state index in [2.05, 4.69) is 60.7 Å². The van der Waals surface area contributed by atoms with E-state index in [0.717, 1.165) is 49.9 Å². The van der Waals surface area contributed by atoms with Crippen LogP contribution in [0.5, 0.6) is 0 Å². The summed E-state index contributed by atoms with van der Waals surface area (Å²) in [5.74, 6) is 0. The molecule has 0 bridgehead atoms. The monoisotopic (exact) mass is 559 g/mol. The van der Waals surface area contributed by atoms with E-state index in [0.29, 0.717) is 9.80 Å². The number of rotatable bonds is 4. The number of furan rings is 1. The quantitative estimate of drug-likeness (QED) is 0.215. The van der Waals surface area contributed by atoms with Gasteiger partial charge in [-0.05, 0) is 64.7 Å². The van der Waals surface area contributed by atoms with E-state index < -0.39 is 9.73 Å². The van der Waals surface area contributed by atoms with Gasteiger partial charge in [0.15, 0.2) is 0 Å². The van der Waals surface area contributed by atoms with Crippen molar-refractivity contribution in [1.29, 1.82) is 0 Å². The van der Waals surface area contributed by atoms with Gasteiger partial charge < -0.3 is 4.42 Å². The number of hydrogen-bond acceptors (Lipinski definition) is 3. The van der Waals surface area contributed by atoms with Crippen LogP contribution in [0.4, 0.5) is 5.69 Å². The third-order valence-corrected chi connectivity index (χ3v) is 10.2. The largest absolute Gasteiger partial charge is 0.456 e. The highest BCUT2D eigenvalue weighted by molar-refractivity contribution is 8.03. The minimum absolute atomic E-state index is 0.690. The summed E-state index contributed by atoms with van der Waals surface area (Å²) in [5, 5.41) is 1.93. The van der Waals surface area contributed by atoms with Gasteiger partial charge in [-0.25, -0.2) is 4.21 Å². The topological polar surface area (TPSA) is 42.6 Å². The highest BCUT2D eigenvalue weighted by Gasteiger charge is 2.27. The molecule has 1 aliphatic rings. The van der Waals surface area contributed by atoms with Crippen LogP contribution < -0.4 is 0 Å². The number of nitrogens with zero attached hydrogens (tertiary/aromatic N) is 1. The minimum Gasteiger partial charge on any atom is -0.456 e. The van der Waals surface area contributed by atoms with Gasteiger partial charge in [-0.3, -0.25) is 0 Å². The average molecular weight is 560 g/mol. The molecule has 1 unspecified atom stereocenters. The molecule has 0 fully saturated rings. The number of benzene rings is 6. The highest BCUT2D eigenvalue weighted by atomic mass is 32.2. The Hall–Kier alpha value is -5.19. The number of fused-ring (bicyclic) bond motifs is 4. The zero-order valence-corrected chi connectivity index (χ0v) is 23.4. The molecule has 7 aromatic rings. The zero-order valence-electron chi connectivity index (χ0n) is 22.6. The Morgan fingerprint density at radius 2 is 1.19 bits per heavy atom. The van der Waals surface area contributed by atoms with Crippen molar-refractivity contribution in [1.82, 2.24) is 0 Å². The Bertz CT molecular complexity index is 2270. The summed E-state index contributed by atoms with van der Waals surface area (Å²) in [6.45, 7) is 0.